The Morgan fingerprint density at radius 1 is 0.643 bits per heavy atom. The van der Waals surface area contributed by atoms with Crippen molar-refractivity contribution in [2.24, 2.45) is 0 Å². The van der Waals surface area contributed by atoms with Gasteiger partial charge in [-0.2, -0.15) is 0 Å². The first-order chi connectivity index (χ1) is 6.56. The van der Waals surface area contributed by atoms with E-state index >= 15 is 0 Å². The van der Waals surface area contributed by atoms with E-state index in [0.717, 1.165) is 0 Å². The molecule has 0 radical (unpaired) electrons. The number of rotatable bonds is 9. The Morgan fingerprint density at radius 2 is 1.07 bits per heavy atom. The summed E-state index contributed by atoms with van der Waals surface area (Å²) in [5, 5.41) is 0. The van der Waals surface area contributed by atoms with Gasteiger partial charge >= 0.3 is 0 Å². The average molecular weight is 214 g/mol. The normalized spacial score (nSPS) is 12.0. The highest BCUT2D eigenvalue weighted by Crippen LogP contribution is 2.15. The third-order valence-electron chi connectivity index (χ3n) is 2.78. The van der Waals surface area contributed by atoms with Gasteiger partial charge in [0.1, 0.15) is 0 Å². The molecule has 0 saturated carbocycles. The summed E-state index contributed by atoms with van der Waals surface area (Å²) in [5.74, 6) is 0. The van der Waals surface area contributed by atoms with Gasteiger partial charge in [-0.05, 0) is 0 Å². The molecule has 0 aliphatic carbocycles. The minimum absolute atomic E-state index is 0.738. The van der Waals surface area contributed by atoms with Crippen LogP contribution in [0.25, 0.3) is 0 Å². The predicted octanol–water partition coefficient (Wildman–Crippen LogP) is 5.47. The van der Waals surface area contributed by atoms with E-state index in [1.54, 1.807) is 0 Å². The highest BCUT2D eigenvalue weighted by atomic mass is 28.3. The largest absolute Gasteiger partial charge is 0.0695 e. The van der Waals surface area contributed by atoms with Crippen LogP contribution < -0.4 is 0 Å². The van der Waals surface area contributed by atoms with Crippen LogP contribution >= 0.6 is 0 Å². The molecule has 0 aromatic heterocycles. The van der Waals surface area contributed by atoms with Gasteiger partial charge in [0.05, 0.1) is 0 Å². The maximum Gasteiger partial charge on any atom is 0.0442 e. The quantitative estimate of drug-likeness (QED) is 0.353. The third kappa shape index (κ3) is 12.2. The fourth-order valence-corrected chi connectivity index (χ4v) is 3.10. The SMILES string of the molecule is CCCCCCCCCC[Si](C)(C)C. The summed E-state index contributed by atoms with van der Waals surface area (Å²) < 4.78 is 0. The summed E-state index contributed by atoms with van der Waals surface area (Å²) >= 11 is 0. The second-order valence-electron chi connectivity index (χ2n) is 5.79. The van der Waals surface area contributed by atoms with E-state index in [9.17, 15) is 0 Å². The van der Waals surface area contributed by atoms with Crippen molar-refractivity contribution in [3.63, 3.8) is 0 Å². The lowest BCUT2D eigenvalue weighted by atomic mass is 10.1. The van der Waals surface area contributed by atoms with E-state index < -0.39 is 8.07 Å². The molecule has 0 atom stereocenters. The van der Waals surface area contributed by atoms with Crippen molar-refractivity contribution in [2.45, 2.75) is 84.0 Å². The molecule has 0 rings (SSSR count). The molecular weight excluding hydrogens is 184 g/mol. The van der Waals surface area contributed by atoms with Crippen LogP contribution in [0.2, 0.25) is 25.7 Å². The van der Waals surface area contributed by atoms with E-state index in [1.807, 2.05) is 0 Å². The van der Waals surface area contributed by atoms with E-state index in [4.69, 9.17) is 0 Å². The molecule has 0 N–H and O–H groups in total. The van der Waals surface area contributed by atoms with Gasteiger partial charge in [0.15, 0.2) is 0 Å². The van der Waals surface area contributed by atoms with E-state index in [1.165, 1.54) is 57.4 Å². The van der Waals surface area contributed by atoms with Gasteiger partial charge in [-0.15, -0.1) is 0 Å². The van der Waals surface area contributed by atoms with Crippen LogP contribution in [0.1, 0.15) is 58.3 Å². The number of hydrogen-bond donors (Lipinski definition) is 0. The first kappa shape index (κ1) is 14.2. The lowest BCUT2D eigenvalue weighted by Crippen LogP contribution is -2.18. The highest BCUT2D eigenvalue weighted by molar-refractivity contribution is 6.76. The molecule has 0 fully saturated rings. The molecule has 14 heavy (non-hydrogen) atoms. The van der Waals surface area contributed by atoms with E-state index in [0.29, 0.717) is 0 Å². The maximum atomic E-state index is 2.48. The third-order valence-corrected chi connectivity index (χ3v) is 4.63. The smallest absolute Gasteiger partial charge is 0.0442 e. The van der Waals surface area contributed by atoms with Crippen molar-refractivity contribution in [3.05, 3.63) is 0 Å². The van der Waals surface area contributed by atoms with Crippen molar-refractivity contribution in [3.8, 4) is 0 Å². The second-order valence-corrected chi connectivity index (χ2v) is 11.4. The number of hydrogen-bond acceptors (Lipinski definition) is 0. The zero-order valence-corrected chi connectivity index (χ0v) is 11.9. The Balaban J connectivity index is 2.99. The lowest BCUT2D eigenvalue weighted by molar-refractivity contribution is 0.584. The summed E-state index contributed by atoms with van der Waals surface area (Å²) in [6.07, 6.45) is 11.7. The molecule has 0 aliphatic rings. The first-order valence-electron chi connectivity index (χ1n) is 6.56. The molecule has 86 valence electrons. The molecule has 0 aromatic carbocycles. The summed E-state index contributed by atoms with van der Waals surface area (Å²) in [4.78, 5) is 0. The molecule has 1 heteroatoms. The Morgan fingerprint density at radius 3 is 1.50 bits per heavy atom. The summed E-state index contributed by atoms with van der Waals surface area (Å²) in [6.45, 7) is 9.73. The Bertz CT molecular complexity index is 113. The Kier molecular flexibility index (Phi) is 8.65. The second kappa shape index (κ2) is 8.52. The van der Waals surface area contributed by atoms with Gasteiger partial charge in [-0.1, -0.05) is 84.0 Å². The predicted molar refractivity (Wildman–Crippen MR) is 70.8 cm³/mol. The molecule has 0 amide bonds. The van der Waals surface area contributed by atoms with Crippen molar-refractivity contribution in [1.82, 2.24) is 0 Å². The van der Waals surface area contributed by atoms with Crippen LogP contribution in [-0.4, -0.2) is 8.07 Å². The van der Waals surface area contributed by atoms with Crippen LogP contribution in [0.15, 0.2) is 0 Å². The lowest BCUT2D eigenvalue weighted by Gasteiger charge is -2.14. The fraction of sp³-hybridized carbons (Fsp3) is 1.00. The topological polar surface area (TPSA) is 0 Å². The molecule has 0 saturated heterocycles. The van der Waals surface area contributed by atoms with Crippen LogP contribution in [0.5, 0.6) is 0 Å². The van der Waals surface area contributed by atoms with E-state index in [-0.39, 0.29) is 0 Å². The van der Waals surface area contributed by atoms with Gasteiger partial charge in [-0.3, -0.25) is 0 Å². The van der Waals surface area contributed by atoms with Gasteiger partial charge in [0.2, 0.25) is 0 Å². The summed E-state index contributed by atoms with van der Waals surface area (Å²) in [7, 11) is -0.738. The van der Waals surface area contributed by atoms with Crippen molar-refractivity contribution < 1.29 is 0 Å². The summed E-state index contributed by atoms with van der Waals surface area (Å²) in [6, 6.07) is 1.53. The van der Waals surface area contributed by atoms with Crippen molar-refractivity contribution in [2.75, 3.05) is 0 Å². The number of unbranched alkanes of at least 4 members (excludes halogenated alkanes) is 7. The molecule has 0 aliphatic heterocycles. The highest BCUT2D eigenvalue weighted by Gasteiger charge is 2.11. The zero-order valence-electron chi connectivity index (χ0n) is 10.9. The molecule has 0 nitrogen and oxygen atoms in total. The Hall–Kier alpha value is 0.217. The summed E-state index contributed by atoms with van der Waals surface area (Å²) in [5.41, 5.74) is 0. The Labute approximate surface area is 92.5 Å². The molecular formula is C13H30Si. The molecule has 0 heterocycles. The monoisotopic (exact) mass is 214 g/mol. The molecule has 0 spiro atoms. The fourth-order valence-electron chi connectivity index (χ4n) is 1.79. The molecule has 0 unspecified atom stereocenters. The van der Waals surface area contributed by atoms with Crippen molar-refractivity contribution >= 4 is 8.07 Å². The minimum atomic E-state index is -0.738. The zero-order chi connectivity index (χ0) is 10.9. The maximum absolute atomic E-state index is 2.48. The standard InChI is InChI=1S/C13H30Si/c1-5-6-7-8-9-10-11-12-13-14(2,3)4/h5-13H2,1-4H3. The minimum Gasteiger partial charge on any atom is -0.0695 e. The van der Waals surface area contributed by atoms with Gasteiger partial charge in [-0.25, -0.2) is 0 Å². The van der Waals surface area contributed by atoms with Gasteiger partial charge in [0, 0.05) is 8.07 Å². The average Bonchev–Trinajstić information content (AvgIpc) is 2.08. The molecule has 0 aromatic rings. The van der Waals surface area contributed by atoms with Crippen molar-refractivity contribution in [1.29, 1.82) is 0 Å². The molecule has 0 bridgehead atoms. The van der Waals surface area contributed by atoms with Crippen LogP contribution in [0.3, 0.4) is 0 Å². The van der Waals surface area contributed by atoms with Crippen LogP contribution in [-0.2, 0) is 0 Å². The van der Waals surface area contributed by atoms with Gasteiger partial charge in [0.25, 0.3) is 0 Å². The van der Waals surface area contributed by atoms with Gasteiger partial charge < -0.3 is 0 Å². The van der Waals surface area contributed by atoms with Crippen LogP contribution in [0, 0.1) is 0 Å². The first-order valence-corrected chi connectivity index (χ1v) is 10.3. The van der Waals surface area contributed by atoms with Crippen LogP contribution in [0.4, 0.5) is 0 Å². The van der Waals surface area contributed by atoms with E-state index in [2.05, 4.69) is 26.6 Å².